The van der Waals surface area contributed by atoms with E-state index in [0.29, 0.717) is 23.7 Å². The lowest BCUT2D eigenvalue weighted by atomic mass is 9.60. The van der Waals surface area contributed by atoms with Gasteiger partial charge in [-0.05, 0) is 101 Å². The summed E-state index contributed by atoms with van der Waals surface area (Å²) < 4.78 is 0. The van der Waals surface area contributed by atoms with Crippen molar-refractivity contribution in [2.75, 3.05) is 14.1 Å². The summed E-state index contributed by atoms with van der Waals surface area (Å²) in [5, 5.41) is 31.4. The minimum absolute atomic E-state index is 0.297. The van der Waals surface area contributed by atoms with Gasteiger partial charge in [-0.25, -0.2) is 0 Å². The highest BCUT2D eigenvalue weighted by Crippen LogP contribution is 2.60. The van der Waals surface area contributed by atoms with E-state index in [0.717, 1.165) is 36.3 Å². The molecule has 4 nitrogen and oxygen atoms in total. The molecule has 7 atom stereocenters. The van der Waals surface area contributed by atoms with Gasteiger partial charge in [0.2, 0.25) is 0 Å². The van der Waals surface area contributed by atoms with Crippen LogP contribution in [0.3, 0.4) is 0 Å². The van der Waals surface area contributed by atoms with Crippen LogP contribution in [0.1, 0.15) is 85.5 Å². The summed E-state index contributed by atoms with van der Waals surface area (Å²) in [4.78, 5) is 1.89. The fourth-order valence-electron chi connectivity index (χ4n) is 7.37. The van der Waals surface area contributed by atoms with Gasteiger partial charge < -0.3 is 20.2 Å². The van der Waals surface area contributed by atoms with Gasteiger partial charge in [0.15, 0.2) is 0 Å². The first kappa shape index (κ1) is 26.7. The molecule has 3 saturated carbocycles. The fourth-order valence-corrected chi connectivity index (χ4v) is 7.37. The summed E-state index contributed by atoms with van der Waals surface area (Å²) in [6.07, 6.45) is 13.1. The zero-order valence-electron chi connectivity index (χ0n) is 22.0. The standard InChI is InChI=1S/C29H49NO3/c1-19(10-8-16-28(3,4)33)23-14-15-24-21(11-9-17-29(23,24)5)12-13-22-18-25(31)26(30(6)7)27(32)20(22)2/h12-13,19,23-27,31-33H,2,8-11,14-18H2,1,3-7H3/b21-12+,22-13-/t19-,23-,24+,25-,26+,27-,29-/m1/s1. The average molecular weight is 460 g/mol. The van der Waals surface area contributed by atoms with Crippen LogP contribution < -0.4 is 0 Å². The SMILES string of the molecule is C=C1/C(=C\C=C2/CCC[C@]3(C)[C@@H]([C@H](C)CCCC(C)(C)O)CC[C@@H]23)C[C@@H](O)[C@H](N(C)C)[C@@H]1O. The van der Waals surface area contributed by atoms with Crippen molar-refractivity contribution in [3.05, 3.63) is 35.5 Å². The van der Waals surface area contributed by atoms with Crippen molar-refractivity contribution in [2.45, 2.75) is 109 Å². The normalized spacial score (nSPS) is 38.8. The van der Waals surface area contributed by atoms with Crippen LogP contribution in [0.2, 0.25) is 0 Å². The lowest BCUT2D eigenvalue weighted by molar-refractivity contribution is -0.00308. The van der Waals surface area contributed by atoms with Crippen molar-refractivity contribution in [1.29, 1.82) is 0 Å². The molecular formula is C29H49NO3. The molecule has 0 aromatic heterocycles. The topological polar surface area (TPSA) is 63.9 Å². The van der Waals surface area contributed by atoms with E-state index < -0.39 is 17.8 Å². The molecule has 0 saturated heterocycles. The maximum absolute atomic E-state index is 10.7. The molecule has 0 bridgehead atoms. The molecule has 3 N–H and O–H groups in total. The number of aliphatic hydroxyl groups is 3. The van der Waals surface area contributed by atoms with Gasteiger partial charge in [0.1, 0.15) is 0 Å². The maximum Gasteiger partial charge on any atom is 0.0967 e. The van der Waals surface area contributed by atoms with Crippen LogP contribution >= 0.6 is 0 Å². The van der Waals surface area contributed by atoms with E-state index in [1.165, 1.54) is 32.1 Å². The Balaban J connectivity index is 1.72. The van der Waals surface area contributed by atoms with Crippen LogP contribution in [-0.4, -0.2) is 58.2 Å². The van der Waals surface area contributed by atoms with Crippen molar-refractivity contribution in [3.63, 3.8) is 0 Å². The van der Waals surface area contributed by atoms with Crippen LogP contribution in [0, 0.1) is 23.2 Å². The Labute approximate surface area is 202 Å². The number of allylic oxidation sites excluding steroid dienone is 3. The number of hydrogen-bond donors (Lipinski definition) is 3. The Hall–Kier alpha value is -0.940. The van der Waals surface area contributed by atoms with Gasteiger partial charge >= 0.3 is 0 Å². The molecule has 3 aliphatic carbocycles. The minimum atomic E-state index is -0.731. The number of nitrogens with zero attached hydrogens (tertiary/aromatic N) is 1. The Bertz CT molecular complexity index is 761. The van der Waals surface area contributed by atoms with E-state index in [2.05, 4.69) is 32.6 Å². The molecule has 0 aromatic carbocycles. The largest absolute Gasteiger partial charge is 0.391 e. The van der Waals surface area contributed by atoms with Gasteiger partial charge in [-0.2, -0.15) is 0 Å². The van der Waals surface area contributed by atoms with Crippen molar-refractivity contribution < 1.29 is 15.3 Å². The second kappa shape index (κ2) is 10.4. The molecule has 4 heteroatoms. The van der Waals surface area contributed by atoms with Gasteiger partial charge in [0.05, 0.1) is 23.9 Å². The molecule has 188 valence electrons. The molecule has 0 aliphatic heterocycles. The second-order valence-electron chi connectivity index (χ2n) is 12.4. The highest BCUT2D eigenvalue weighted by atomic mass is 16.3. The van der Waals surface area contributed by atoms with Crippen molar-refractivity contribution in [2.24, 2.45) is 23.2 Å². The maximum atomic E-state index is 10.7. The number of hydrogen-bond acceptors (Lipinski definition) is 4. The summed E-state index contributed by atoms with van der Waals surface area (Å²) in [6.45, 7) is 12.9. The predicted octanol–water partition coefficient (Wildman–Crippen LogP) is 5.24. The van der Waals surface area contributed by atoms with Crippen molar-refractivity contribution in [3.8, 4) is 0 Å². The van der Waals surface area contributed by atoms with Crippen LogP contribution in [0.15, 0.2) is 35.5 Å². The summed E-state index contributed by atoms with van der Waals surface area (Å²) >= 11 is 0. The third kappa shape index (κ3) is 5.83. The van der Waals surface area contributed by atoms with E-state index in [-0.39, 0.29) is 6.04 Å². The third-order valence-electron chi connectivity index (χ3n) is 9.18. The van der Waals surface area contributed by atoms with Gasteiger partial charge in [-0.3, -0.25) is 0 Å². The van der Waals surface area contributed by atoms with Crippen LogP contribution in [0.5, 0.6) is 0 Å². The smallest absolute Gasteiger partial charge is 0.0967 e. The quantitative estimate of drug-likeness (QED) is 0.487. The Morgan fingerprint density at radius 2 is 1.91 bits per heavy atom. The molecule has 33 heavy (non-hydrogen) atoms. The van der Waals surface area contributed by atoms with E-state index in [4.69, 9.17) is 0 Å². The number of likely N-dealkylation sites (N-methyl/N-ethyl adjacent to an activating group) is 1. The first-order valence-electron chi connectivity index (χ1n) is 13.2. The lowest BCUT2D eigenvalue weighted by Gasteiger charge is -2.44. The molecule has 0 spiro atoms. The highest BCUT2D eigenvalue weighted by molar-refractivity contribution is 5.40. The molecule has 0 radical (unpaired) electrons. The minimum Gasteiger partial charge on any atom is -0.391 e. The summed E-state index contributed by atoms with van der Waals surface area (Å²) in [6, 6.07) is -0.297. The monoisotopic (exact) mass is 459 g/mol. The number of fused-ring (bicyclic) bond motifs is 1. The summed E-state index contributed by atoms with van der Waals surface area (Å²) in [5.74, 6) is 2.06. The van der Waals surface area contributed by atoms with E-state index >= 15 is 0 Å². The lowest BCUT2D eigenvalue weighted by Crippen LogP contribution is -2.51. The Morgan fingerprint density at radius 1 is 1.21 bits per heavy atom. The zero-order chi connectivity index (χ0) is 24.6. The van der Waals surface area contributed by atoms with Crippen molar-refractivity contribution in [1.82, 2.24) is 4.90 Å². The molecule has 0 unspecified atom stereocenters. The fraction of sp³-hybridized carbons (Fsp3) is 0.793. The average Bonchev–Trinajstić information content (AvgIpc) is 3.06. The van der Waals surface area contributed by atoms with Gasteiger partial charge in [0, 0.05) is 6.42 Å². The zero-order valence-corrected chi connectivity index (χ0v) is 22.0. The van der Waals surface area contributed by atoms with E-state index in [1.807, 2.05) is 32.8 Å². The Kier molecular flexibility index (Phi) is 8.37. The molecule has 3 rings (SSSR count). The molecule has 3 fully saturated rings. The molecule has 0 amide bonds. The van der Waals surface area contributed by atoms with Crippen molar-refractivity contribution >= 4 is 0 Å². The third-order valence-corrected chi connectivity index (χ3v) is 9.18. The number of aliphatic hydroxyl groups excluding tert-OH is 2. The molecule has 3 aliphatic rings. The number of rotatable bonds is 7. The molecular weight excluding hydrogens is 410 g/mol. The van der Waals surface area contributed by atoms with Crippen LogP contribution in [-0.2, 0) is 0 Å². The highest BCUT2D eigenvalue weighted by Gasteiger charge is 2.50. The van der Waals surface area contributed by atoms with Gasteiger partial charge in [0.25, 0.3) is 0 Å². The molecule has 0 aromatic rings. The van der Waals surface area contributed by atoms with Crippen LogP contribution in [0.4, 0.5) is 0 Å². The van der Waals surface area contributed by atoms with Gasteiger partial charge in [-0.15, -0.1) is 0 Å². The van der Waals surface area contributed by atoms with Gasteiger partial charge in [-0.1, -0.05) is 51.0 Å². The van der Waals surface area contributed by atoms with E-state index in [9.17, 15) is 15.3 Å². The molecule has 0 heterocycles. The second-order valence-corrected chi connectivity index (χ2v) is 12.4. The first-order chi connectivity index (χ1) is 15.3. The summed E-state index contributed by atoms with van der Waals surface area (Å²) in [5.41, 5.74) is 3.08. The summed E-state index contributed by atoms with van der Waals surface area (Å²) in [7, 11) is 3.79. The Morgan fingerprint density at radius 3 is 2.55 bits per heavy atom. The van der Waals surface area contributed by atoms with E-state index in [1.54, 1.807) is 5.57 Å². The first-order valence-corrected chi connectivity index (χ1v) is 13.2. The predicted molar refractivity (Wildman–Crippen MR) is 137 cm³/mol. The van der Waals surface area contributed by atoms with Crippen LogP contribution in [0.25, 0.3) is 0 Å².